The summed E-state index contributed by atoms with van der Waals surface area (Å²) in [6.07, 6.45) is 5.03. The Morgan fingerprint density at radius 2 is 1.81 bits per heavy atom. The first-order valence-electron chi connectivity index (χ1n) is 8.50. The molecule has 27 heavy (non-hydrogen) atoms. The summed E-state index contributed by atoms with van der Waals surface area (Å²) in [5.74, 6) is -0.162. The fourth-order valence-corrected chi connectivity index (χ4v) is 2.80. The van der Waals surface area contributed by atoms with E-state index >= 15 is 0 Å². The molecule has 0 radical (unpaired) electrons. The average Bonchev–Trinajstić information content (AvgIpc) is 3.17. The number of carbonyl (C=O) groups excluding carboxylic acids is 1. The van der Waals surface area contributed by atoms with Gasteiger partial charge in [0.05, 0.1) is 12.1 Å². The third-order valence-corrected chi connectivity index (χ3v) is 4.28. The standard InChI is InChI=1S/C20H17N5O2/c26-19-3-1-2-10-24(19)12-16-6-4-15(5-7-16)11-21-20(27)17-8-9-18-23-22-14-25(18)13-17/h1-10,13-14H,11-12H2,(H,21,27). The van der Waals surface area contributed by atoms with Gasteiger partial charge in [0.1, 0.15) is 6.33 Å². The molecule has 1 N–H and O–H groups in total. The third-order valence-electron chi connectivity index (χ3n) is 4.28. The zero-order chi connectivity index (χ0) is 18.6. The SMILES string of the molecule is O=C(NCc1ccc(Cn2ccccc2=O)cc1)c1ccc2nncn2c1. The van der Waals surface area contributed by atoms with E-state index in [0.717, 1.165) is 11.1 Å². The number of nitrogens with one attached hydrogen (secondary N) is 1. The van der Waals surface area contributed by atoms with Crippen molar-refractivity contribution < 1.29 is 4.79 Å². The van der Waals surface area contributed by atoms with E-state index in [2.05, 4.69) is 15.5 Å². The van der Waals surface area contributed by atoms with Crippen molar-refractivity contribution in [3.8, 4) is 0 Å². The molecule has 0 aliphatic heterocycles. The van der Waals surface area contributed by atoms with Crippen LogP contribution in [0.4, 0.5) is 0 Å². The van der Waals surface area contributed by atoms with E-state index in [1.54, 1.807) is 52.0 Å². The van der Waals surface area contributed by atoms with Crippen LogP contribution < -0.4 is 10.9 Å². The summed E-state index contributed by atoms with van der Waals surface area (Å²) in [7, 11) is 0. The highest BCUT2D eigenvalue weighted by molar-refractivity contribution is 5.94. The molecular weight excluding hydrogens is 342 g/mol. The second kappa shape index (κ2) is 7.25. The maximum absolute atomic E-state index is 12.3. The van der Waals surface area contributed by atoms with Crippen molar-refractivity contribution in [2.75, 3.05) is 0 Å². The van der Waals surface area contributed by atoms with Gasteiger partial charge in [-0.3, -0.25) is 14.0 Å². The van der Waals surface area contributed by atoms with Crippen LogP contribution in [0.15, 0.2) is 78.1 Å². The fourth-order valence-electron chi connectivity index (χ4n) is 2.80. The number of hydrogen-bond donors (Lipinski definition) is 1. The summed E-state index contributed by atoms with van der Waals surface area (Å²) in [4.78, 5) is 24.1. The molecule has 3 heterocycles. The van der Waals surface area contributed by atoms with E-state index < -0.39 is 0 Å². The van der Waals surface area contributed by atoms with Gasteiger partial charge in [-0.15, -0.1) is 10.2 Å². The zero-order valence-corrected chi connectivity index (χ0v) is 14.4. The Labute approximate surface area is 154 Å². The second-order valence-electron chi connectivity index (χ2n) is 6.18. The lowest BCUT2D eigenvalue weighted by atomic mass is 10.1. The van der Waals surface area contributed by atoms with Crippen molar-refractivity contribution in [1.82, 2.24) is 24.5 Å². The van der Waals surface area contributed by atoms with E-state index in [1.807, 2.05) is 30.3 Å². The fraction of sp³-hybridized carbons (Fsp3) is 0.100. The molecule has 1 aromatic carbocycles. The number of amides is 1. The Balaban J connectivity index is 1.39. The van der Waals surface area contributed by atoms with Crippen molar-refractivity contribution >= 4 is 11.6 Å². The number of nitrogens with zero attached hydrogens (tertiary/aromatic N) is 4. The van der Waals surface area contributed by atoms with Gasteiger partial charge in [-0.1, -0.05) is 30.3 Å². The smallest absolute Gasteiger partial charge is 0.253 e. The van der Waals surface area contributed by atoms with Crippen molar-refractivity contribution in [2.45, 2.75) is 13.1 Å². The van der Waals surface area contributed by atoms with E-state index in [9.17, 15) is 9.59 Å². The van der Waals surface area contributed by atoms with E-state index in [0.29, 0.717) is 24.3 Å². The highest BCUT2D eigenvalue weighted by Gasteiger charge is 2.07. The molecule has 134 valence electrons. The van der Waals surface area contributed by atoms with E-state index in [1.165, 1.54) is 0 Å². The first kappa shape index (κ1) is 16.7. The maximum atomic E-state index is 12.3. The summed E-state index contributed by atoms with van der Waals surface area (Å²) >= 11 is 0. The summed E-state index contributed by atoms with van der Waals surface area (Å²) in [6.45, 7) is 0.940. The van der Waals surface area contributed by atoms with Crippen LogP contribution in [0, 0.1) is 0 Å². The molecule has 0 atom stereocenters. The highest BCUT2D eigenvalue weighted by atomic mass is 16.1. The summed E-state index contributed by atoms with van der Waals surface area (Å²) in [6, 6.07) is 16.4. The normalized spacial score (nSPS) is 10.8. The molecule has 0 saturated carbocycles. The van der Waals surface area contributed by atoms with Crippen LogP contribution in [-0.2, 0) is 13.1 Å². The summed E-state index contributed by atoms with van der Waals surface area (Å²) in [5.41, 5.74) is 3.22. The number of rotatable bonds is 5. The number of carbonyl (C=O) groups is 1. The number of pyridine rings is 2. The number of hydrogen-bond acceptors (Lipinski definition) is 4. The lowest BCUT2D eigenvalue weighted by Gasteiger charge is -2.08. The number of fused-ring (bicyclic) bond motifs is 1. The maximum Gasteiger partial charge on any atom is 0.253 e. The molecule has 7 nitrogen and oxygen atoms in total. The van der Waals surface area contributed by atoms with Crippen LogP contribution in [0.2, 0.25) is 0 Å². The molecule has 4 aromatic rings. The van der Waals surface area contributed by atoms with Gasteiger partial charge in [0.25, 0.3) is 11.5 Å². The first-order valence-corrected chi connectivity index (χ1v) is 8.50. The molecule has 0 bridgehead atoms. The van der Waals surface area contributed by atoms with E-state index in [4.69, 9.17) is 0 Å². The number of benzene rings is 1. The summed E-state index contributed by atoms with van der Waals surface area (Å²) in [5, 5.41) is 10.6. The molecule has 7 heteroatoms. The minimum absolute atomic E-state index is 0.0288. The van der Waals surface area contributed by atoms with E-state index in [-0.39, 0.29) is 11.5 Å². The lowest BCUT2D eigenvalue weighted by molar-refractivity contribution is 0.0950. The summed E-state index contributed by atoms with van der Waals surface area (Å²) < 4.78 is 3.35. The third kappa shape index (κ3) is 3.77. The Hall–Kier alpha value is -3.74. The minimum Gasteiger partial charge on any atom is -0.348 e. The topological polar surface area (TPSA) is 81.3 Å². The van der Waals surface area contributed by atoms with Gasteiger partial charge in [0.15, 0.2) is 5.65 Å². The Bertz CT molecular complexity index is 1140. The van der Waals surface area contributed by atoms with Gasteiger partial charge in [0, 0.05) is 25.0 Å². The molecule has 0 unspecified atom stereocenters. The van der Waals surface area contributed by atoms with Crippen molar-refractivity contribution in [1.29, 1.82) is 0 Å². The van der Waals surface area contributed by atoms with Gasteiger partial charge < -0.3 is 9.88 Å². The molecule has 0 spiro atoms. The van der Waals surface area contributed by atoms with Crippen molar-refractivity contribution in [3.05, 3.63) is 100 Å². The largest absolute Gasteiger partial charge is 0.348 e. The Morgan fingerprint density at radius 3 is 2.63 bits per heavy atom. The average molecular weight is 359 g/mol. The molecule has 3 aromatic heterocycles. The van der Waals surface area contributed by atoms with Crippen molar-refractivity contribution in [2.24, 2.45) is 0 Å². The quantitative estimate of drug-likeness (QED) is 0.590. The van der Waals surface area contributed by atoms with Crippen LogP contribution in [0.25, 0.3) is 5.65 Å². The van der Waals surface area contributed by atoms with Crippen LogP contribution in [0.5, 0.6) is 0 Å². The van der Waals surface area contributed by atoms with Gasteiger partial charge in [-0.2, -0.15) is 0 Å². The van der Waals surface area contributed by atoms with Gasteiger partial charge >= 0.3 is 0 Å². The molecule has 0 fully saturated rings. The van der Waals surface area contributed by atoms with Crippen LogP contribution >= 0.6 is 0 Å². The van der Waals surface area contributed by atoms with Crippen LogP contribution in [-0.4, -0.2) is 25.1 Å². The molecular formula is C20H17N5O2. The molecule has 4 rings (SSSR count). The first-order chi connectivity index (χ1) is 13.2. The van der Waals surface area contributed by atoms with Gasteiger partial charge in [0.2, 0.25) is 0 Å². The predicted octanol–water partition coefficient (Wildman–Crippen LogP) is 1.87. The van der Waals surface area contributed by atoms with Gasteiger partial charge in [-0.25, -0.2) is 0 Å². The Morgan fingerprint density at radius 1 is 1.00 bits per heavy atom. The zero-order valence-electron chi connectivity index (χ0n) is 14.4. The Kier molecular flexibility index (Phi) is 4.49. The van der Waals surface area contributed by atoms with Gasteiger partial charge in [-0.05, 0) is 29.3 Å². The number of aromatic nitrogens is 4. The molecule has 0 saturated heterocycles. The second-order valence-corrected chi connectivity index (χ2v) is 6.18. The van der Waals surface area contributed by atoms with Crippen LogP contribution in [0.1, 0.15) is 21.5 Å². The van der Waals surface area contributed by atoms with Crippen LogP contribution in [0.3, 0.4) is 0 Å². The molecule has 1 amide bonds. The lowest BCUT2D eigenvalue weighted by Crippen LogP contribution is -2.23. The monoisotopic (exact) mass is 359 g/mol. The molecule has 0 aliphatic rings. The van der Waals surface area contributed by atoms with Crippen molar-refractivity contribution in [3.63, 3.8) is 0 Å². The molecule has 0 aliphatic carbocycles. The highest BCUT2D eigenvalue weighted by Crippen LogP contribution is 2.07. The minimum atomic E-state index is -0.162. The predicted molar refractivity (Wildman–Crippen MR) is 100 cm³/mol.